The van der Waals surface area contributed by atoms with E-state index in [-0.39, 0.29) is 24.5 Å². The molecule has 0 aliphatic carbocycles. The molecule has 0 spiro atoms. The maximum atomic E-state index is 12.5. The van der Waals surface area contributed by atoms with Crippen molar-refractivity contribution in [1.29, 1.82) is 0 Å². The summed E-state index contributed by atoms with van der Waals surface area (Å²) >= 11 is 0. The Morgan fingerprint density at radius 1 is 1.08 bits per heavy atom. The molecule has 2 aromatic rings. The van der Waals surface area contributed by atoms with Crippen molar-refractivity contribution in [2.45, 2.75) is 60.3 Å². The molecular weight excluding hydrogens is 494 g/mol. The van der Waals surface area contributed by atoms with Gasteiger partial charge in [-0.1, -0.05) is 24.3 Å². The number of carbonyl (C=O) groups excluding carboxylic acids is 4. The number of nitrogens with one attached hydrogen (secondary N) is 1. The van der Waals surface area contributed by atoms with Crippen molar-refractivity contribution in [3.63, 3.8) is 0 Å². The second-order valence-electron chi connectivity index (χ2n) is 9.23. The van der Waals surface area contributed by atoms with Crippen LogP contribution in [-0.2, 0) is 41.8 Å². The fourth-order valence-corrected chi connectivity index (χ4v) is 3.56. The summed E-state index contributed by atoms with van der Waals surface area (Å²) in [5.74, 6) is 2.54. The van der Waals surface area contributed by atoms with E-state index in [9.17, 15) is 19.2 Å². The van der Waals surface area contributed by atoms with Gasteiger partial charge < -0.3 is 24.8 Å². The first-order chi connectivity index (χ1) is 17.8. The molecule has 0 aromatic heterocycles. The summed E-state index contributed by atoms with van der Waals surface area (Å²) in [5.41, 5.74) is 8.15. The van der Waals surface area contributed by atoms with E-state index in [4.69, 9.17) is 25.8 Å². The Bertz CT molecular complexity index is 1260. The lowest BCUT2D eigenvalue weighted by atomic mass is 9.95. The van der Waals surface area contributed by atoms with Gasteiger partial charge in [-0.2, -0.15) is 5.90 Å². The van der Waals surface area contributed by atoms with Crippen molar-refractivity contribution in [3.05, 3.63) is 58.7 Å². The van der Waals surface area contributed by atoms with Crippen LogP contribution in [0, 0.1) is 6.92 Å². The molecule has 11 heteroatoms. The molecule has 0 bridgehead atoms. The fraction of sp³-hybridized carbons (Fsp3) is 0.333. The molecule has 0 saturated carbocycles. The molecule has 0 atom stereocenters. The molecule has 0 aliphatic heterocycles. The number of ether oxygens (including phenoxy) is 3. The standard InChI is InChI=1S/C27H33N3O8/c1-7-19(25(33)38-29)24(32)35-14-17-9-8-10-18(12-17)20-11-15(2)22(30-26(34)37-27(4,5)6)21(13-28)23(20)36-16(3)31/h7-12H,13-14,28-29H2,1-6H3,(H,30,34). The van der Waals surface area contributed by atoms with Gasteiger partial charge >= 0.3 is 24.0 Å². The Hall–Kier alpha value is -4.22. The van der Waals surface area contributed by atoms with Gasteiger partial charge in [0, 0.05) is 24.6 Å². The van der Waals surface area contributed by atoms with Gasteiger partial charge in [0.25, 0.3) is 0 Å². The van der Waals surface area contributed by atoms with E-state index < -0.39 is 29.6 Å². The highest BCUT2D eigenvalue weighted by atomic mass is 16.7. The molecule has 204 valence electrons. The first kappa shape index (κ1) is 30.0. The molecule has 2 aromatic carbocycles. The lowest BCUT2D eigenvalue weighted by molar-refractivity contribution is -0.148. The second-order valence-corrected chi connectivity index (χ2v) is 9.23. The maximum absolute atomic E-state index is 12.5. The zero-order valence-corrected chi connectivity index (χ0v) is 22.3. The molecular formula is C27H33N3O8. The number of aryl methyl sites for hydroxylation is 1. The smallest absolute Gasteiger partial charge is 0.412 e. The van der Waals surface area contributed by atoms with Crippen LogP contribution in [0.2, 0.25) is 0 Å². The van der Waals surface area contributed by atoms with Gasteiger partial charge in [-0.05, 0) is 63.4 Å². The number of esters is 2. The van der Waals surface area contributed by atoms with Crippen LogP contribution >= 0.6 is 0 Å². The highest BCUT2D eigenvalue weighted by molar-refractivity contribution is 6.13. The van der Waals surface area contributed by atoms with Crippen molar-refractivity contribution in [3.8, 4) is 16.9 Å². The van der Waals surface area contributed by atoms with Crippen LogP contribution < -0.4 is 21.7 Å². The van der Waals surface area contributed by atoms with Gasteiger partial charge in [0.15, 0.2) is 0 Å². The average Bonchev–Trinajstić information content (AvgIpc) is 2.83. The first-order valence-electron chi connectivity index (χ1n) is 11.7. The molecule has 0 aliphatic rings. The number of hydrogen-bond acceptors (Lipinski definition) is 10. The lowest BCUT2D eigenvalue weighted by Crippen LogP contribution is -2.28. The van der Waals surface area contributed by atoms with Crippen molar-refractivity contribution >= 4 is 29.7 Å². The van der Waals surface area contributed by atoms with Crippen molar-refractivity contribution in [2.75, 3.05) is 5.32 Å². The summed E-state index contributed by atoms with van der Waals surface area (Å²) in [6.45, 7) is 9.51. The van der Waals surface area contributed by atoms with E-state index in [2.05, 4.69) is 10.2 Å². The summed E-state index contributed by atoms with van der Waals surface area (Å²) in [6.07, 6.45) is 0.559. The molecule has 11 nitrogen and oxygen atoms in total. The Morgan fingerprint density at radius 2 is 1.76 bits per heavy atom. The number of benzene rings is 2. The van der Waals surface area contributed by atoms with Gasteiger partial charge in [-0.15, -0.1) is 0 Å². The summed E-state index contributed by atoms with van der Waals surface area (Å²) in [5, 5.41) is 2.71. The predicted octanol–water partition coefficient (Wildman–Crippen LogP) is 3.80. The number of nitrogens with two attached hydrogens (primary N) is 2. The quantitative estimate of drug-likeness (QED) is 0.115. The molecule has 5 N–H and O–H groups in total. The third-order valence-electron chi connectivity index (χ3n) is 5.09. The van der Waals surface area contributed by atoms with E-state index in [1.165, 1.54) is 19.9 Å². The van der Waals surface area contributed by atoms with Gasteiger partial charge in [0.05, 0.1) is 5.69 Å². The number of rotatable bonds is 8. The fourth-order valence-electron chi connectivity index (χ4n) is 3.56. The SMILES string of the molecule is CC=C(C(=O)ON)C(=O)OCc1cccc(-c2cc(C)c(NC(=O)OC(C)(C)C)c(CN)c2OC(C)=O)c1. The molecule has 38 heavy (non-hydrogen) atoms. The van der Waals surface area contributed by atoms with E-state index >= 15 is 0 Å². The minimum atomic E-state index is -1.01. The van der Waals surface area contributed by atoms with Crippen LogP contribution in [0.15, 0.2) is 42.0 Å². The van der Waals surface area contributed by atoms with Crippen molar-refractivity contribution in [2.24, 2.45) is 11.6 Å². The number of anilines is 1. The molecule has 0 fully saturated rings. The van der Waals surface area contributed by atoms with Gasteiger partial charge in [-0.25, -0.2) is 14.4 Å². The van der Waals surface area contributed by atoms with E-state index in [1.54, 1.807) is 58.0 Å². The maximum Gasteiger partial charge on any atom is 0.412 e. The molecule has 2 rings (SSSR count). The minimum Gasteiger partial charge on any atom is -0.457 e. The Morgan fingerprint density at radius 3 is 2.32 bits per heavy atom. The Kier molecular flexibility index (Phi) is 10.1. The second kappa shape index (κ2) is 12.8. The minimum absolute atomic E-state index is 0.0525. The molecule has 0 heterocycles. The number of amides is 1. The van der Waals surface area contributed by atoms with Crippen LogP contribution in [0.5, 0.6) is 5.75 Å². The van der Waals surface area contributed by atoms with Crippen LogP contribution in [0.4, 0.5) is 10.5 Å². The topological polar surface area (TPSA) is 169 Å². The zero-order valence-electron chi connectivity index (χ0n) is 22.3. The highest BCUT2D eigenvalue weighted by Gasteiger charge is 2.24. The van der Waals surface area contributed by atoms with Crippen LogP contribution in [0.25, 0.3) is 11.1 Å². The first-order valence-corrected chi connectivity index (χ1v) is 11.7. The summed E-state index contributed by atoms with van der Waals surface area (Å²) in [6, 6.07) is 8.69. The predicted molar refractivity (Wildman–Crippen MR) is 140 cm³/mol. The van der Waals surface area contributed by atoms with Gasteiger partial charge in [0.2, 0.25) is 0 Å². The zero-order chi connectivity index (χ0) is 28.6. The number of hydrogen-bond donors (Lipinski definition) is 3. The summed E-state index contributed by atoms with van der Waals surface area (Å²) < 4.78 is 16.1. The number of carbonyl (C=O) groups is 4. The summed E-state index contributed by atoms with van der Waals surface area (Å²) in [7, 11) is 0. The van der Waals surface area contributed by atoms with E-state index in [1.807, 2.05) is 0 Å². The van der Waals surface area contributed by atoms with Gasteiger partial charge in [0.1, 0.15) is 23.5 Å². The Labute approximate surface area is 221 Å². The third-order valence-corrected chi connectivity index (χ3v) is 5.09. The van der Waals surface area contributed by atoms with Crippen LogP contribution in [0.3, 0.4) is 0 Å². The van der Waals surface area contributed by atoms with E-state index in [0.717, 1.165) is 0 Å². The largest absolute Gasteiger partial charge is 0.457 e. The summed E-state index contributed by atoms with van der Waals surface area (Å²) in [4.78, 5) is 52.4. The molecule has 1 amide bonds. The normalized spacial score (nSPS) is 11.4. The molecule has 0 radical (unpaired) electrons. The Balaban J connectivity index is 2.48. The molecule has 0 saturated heterocycles. The highest BCUT2D eigenvalue weighted by Crippen LogP contribution is 2.40. The average molecular weight is 528 g/mol. The van der Waals surface area contributed by atoms with Crippen molar-refractivity contribution < 1.29 is 38.2 Å². The van der Waals surface area contributed by atoms with Gasteiger partial charge in [-0.3, -0.25) is 10.1 Å². The van der Waals surface area contributed by atoms with Crippen molar-refractivity contribution in [1.82, 2.24) is 0 Å². The lowest BCUT2D eigenvalue weighted by Gasteiger charge is -2.23. The van der Waals surface area contributed by atoms with E-state index in [0.29, 0.717) is 33.5 Å². The monoisotopic (exact) mass is 527 g/mol. The molecule has 0 unspecified atom stereocenters. The number of allylic oxidation sites excluding steroid dienone is 1. The van der Waals surface area contributed by atoms with Crippen LogP contribution in [0.1, 0.15) is 51.3 Å². The van der Waals surface area contributed by atoms with Crippen LogP contribution in [-0.4, -0.2) is 29.6 Å². The third kappa shape index (κ3) is 7.89.